The SMILES string of the molecule is N#CCS(=O)(=O)Nc1ccc(Cl)cc1I. The van der Waals surface area contributed by atoms with Crippen LogP contribution in [-0.2, 0) is 10.0 Å². The van der Waals surface area contributed by atoms with Crippen LogP contribution in [0.15, 0.2) is 18.2 Å². The number of benzene rings is 1. The molecule has 0 amide bonds. The summed E-state index contributed by atoms with van der Waals surface area (Å²) in [5, 5.41) is 8.83. The topological polar surface area (TPSA) is 70.0 Å². The highest BCUT2D eigenvalue weighted by atomic mass is 127. The minimum Gasteiger partial charge on any atom is -0.282 e. The molecule has 0 aromatic heterocycles. The van der Waals surface area contributed by atoms with Crippen LogP contribution in [0.2, 0.25) is 5.02 Å². The maximum Gasteiger partial charge on any atom is 0.246 e. The van der Waals surface area contributed by atoms with Crippen molar-refractivity contribution < 1.29 is 8.42 Å². The third-order valence-electron chi connectivity index (χ3n) is 1.45. The molecule has 0 spiro atoms. The Morgan fingerprint density at radius 2 is 2.20 bits per heavy atom. The summed E-state index contributed by atoms with van der Waals surface area (Å²) in [7, 11) is -3.58. The van der Waals surface area contributed by atoms with Crippen LogP contribution in [0.1, 0.15) is 0 Å². The van der Waals surface area contributed by atoms with E-state index in [1.807, 2.05) is 22.6 Å². The summed E-state index contributed by atoms with van der Waals surface area (Å²) < 4.78 is 25.5. The summed E-state index contributed by atoms with van der Waals surface area (Å²) in [5.41, 5.74) is 0.426. The van der Waals surface area contributed by atoms with Crippen LogP contribution in [0.4, 0.5) is 5.69 Å². The molecule has 0 saturated carbocycles. The number of hydrogen-bond acceptors (Lipinski definition) is 3. The lowest BCUT2D eigenvalue weighted by atomic mass is 10.3. The number of rotatable bonds is 3. The molecule has 0 aliphatic heterocycles. The monoisotopic (exact) mass is 356 g/mol. The first-order valence-corrected chi connectivity index (χ1v) is 6.88. The summed E-state index contributed by atoms with van der Waals surface area (Å²) in [4.78, 5) is 0. The Hall–Kier alpha value is -0.520. The number of hydrogen-bond donors (Lipinski definition) is 1. The lowest BCUT2D eigenvalue weighted by Gasteiger charge is -2.07. The van der Waals surface area contributed by atoms with Gasteiger partial charge in [-0.1, -0.05) is 11.6 Å². The predicted octanol–water partition coefficient (Wildman–Crippen LogP) is 2.21. The number of nitriles is 1. The van der Waals surface area contributed by atoms with E-state index in [9.17, 15) is 8.42 Å². The Balaban J connectivity index is 2.96. The lowest BCUT2D eigenvalue weighted by molar-refractivity contribution is 0.604. The van der Waals surface area contributed by atoms with E-state index in [0.717, 1.165) is 0 Å². The fraction of sp³-hybridized carbons (Fsp3) is 0.125. The maximum absolute atomic E-state index is 11.3. The largest absolute Gasteiger partial charge is 0.282 e. The van der Waals surface area contributed by atoms with Gasteiger partial charge >= 0.3 is 0 Å². The first kappa shape index (κ1) is 12.5. The van der Waals surface area contributed by atoms with Crippen LogP contribution in [-0.4, -0.2) is 14.2 Å². The molecule has 4 nitrogen and oxygen atoms in total. The van der Waals surface area contributed by atoms with Crippen LogP contribution in [0.3, 0.4) is 0 Å². The molecule has 0 aliphatic rings. The molecule has 1 rings (SSSR count). The van der Waals surface area contributed by atoms with Crippen molar-refractivity contribution in [3.8, 4) is 6.07 Å². The fourth-order valence-corrected chi connectivity index (χ4v) is 2.81. The van der Waals surface area contributed by atoms with Gasteiger partial charge in [-0.3, -0.25) is 4.72 Å². The number of halogens is 2. The van der Waals surface area contributed by atoms with Crippen molar-refractivity contribution in [2.45, 2.75) is 0 Å². The van der Waals surface area contributed by atoms with Crippen molar-refractivity contribution >= 4 is 49.9 Å². The third-order valence-corrected chi connectivity index (χ3v) is 3.62. The van der Waals surface area contributed by atoms with E-state index >= 15 is 0 Å². The molecule has 0 atom stereocenters. The van der Waals surface area contributed by atoms with Gasteiger partial charge in [0.05, 0.1) is 11.8 Å². The molecular weight excluding hydrogens is 351 g/mol. The van der Waals surface area contributed by atoms with E-state index in [1.165, 1.54) is 0 Å². The number of sulfonamides is 1. The van der Waals surface area contributed by atoms with Gasteiger partial charge in [0.1, 0.15) is 0 Å². The molecule has 0 saturated heterocycles. The molecule has 80 valence electrons. The van der Waals surface area contributed by atoms with Gasteiger partial charge < -0.3 is 0 Å². The van der Waals surface area contributed by atoms with Gasteiger partial charge in [0.25, 0.3) is 0 Å². The van der Waals surface area contributed by atoms with Gasteiger partial charge in [0.2, 0.25) is 10.0 Å². The molecule has 0 unspecified atom stereocenters. The van der Waals surface area contributed by atoms with Gasteiger partial charge in [-0.2, -0.15) is 5.26 Å². The van der Waals surface area contributed by atoms with Gasteiger partial charge in [0.15, 0.2) is 5.75 Å². The Morgan fingerprint density at radius 1 is 1.53 bits per heavy atom. The molecule has 15 heavy (non-hydrogen) atoms. The van der Waals surface area contributed by atoms with Gasteiger partial charge in [-0.25, -0.2) is 8.42 Å². The zero-order valence-electron chi connectivity index (χ0n) is 7.37. The number of nitrogens with one attached hydrogen (secondary N) is 1. The normalized spacial score (nSPS) is 10.7. The van der Waals surface area contributed by atoms with Gasteiger partial charge in [-0.05, 0) is 40.8 Å². The lowest BCUT2D eigenvalue weighted by Crippen LogP contribution is -2.16. The third kappa shape index (κ3) is 3.85. The van der Waals surface area contributed by atoms with Gasteiger partial charge in [-0.15, -0.1) is 0 Å². The van der Waals surface area contributed by atoms with Gasteiger partial charge in [0, 0.05) is 8.59 Å². The Kier molecular flexibility index (Phi) is 4.19. The molecule has 1 aromatic rings. The first-order chi connectivity index (χ1) is 6.94. The highest BCUT2D eigenvalue weighted by molar-refractivity contribution is 14.1. The predicted molar refractivity (Wildman–Crippen MR) is 67.2 cm³/mol. The molecule has 0 radical (unpaired) electrons. The number of nitrogens with zero attached hydrogens (tertiary/aromatic N) is 1. The molecule has 1 aromatic carbocycles. The molecule has 0 heterocycles. The summed E-state index contributed by atoms with van der Waals surface area (Å²) in [6.07, 6.45) is 0. The van der Waals surface area contributed by atoms with E-state index in [4.69, 9.17) is 16.9 Å². The van der Waals surface area contributed by atoms with Crippen molar-refractivity contribution in [1.82, 2.24) is 0 Å². The molecular formula is C8H6ClIN2O2S. The summed E-state index contributed by atoms with van der Waals surface area (Å²) >= 11 is 7.68. The van der Waals surface area contributed by atoms with Crippen molar-refractivity contribution in [2.24, 2.45) is 0 Å². The minimum atomic E-state index is -3.58. The zero-order chi connectivity index (χ0) is 11.5. The zero-order valence-corrected chi connectivity index (χ0v) is 11.1. The molecule has 0 aliphatic carbocycles. The van der Waals surface area contributed by atoms with Crippen molar-refractivity contribution in [1.29, 1.82) is 5.26 Å². The maximum atomic E-state index is 11.3. The van der Waals surface area contributed by atoms with E-state index in [-0.39, 0.29) is 0 Å². The van der Waals surface area contributed by atoms with Crippen molar-refractivity contribution in [2.75, 3.05) is 10.5 Å². The van der Waals surface area contributed by atoms with Crippen molar-refractivity contribution in [3.63, 3.8) is 0 Å². The van der Waals surface area contributed by atoms with Crippen LogP contribution in [0.5, 0.6) is 0 Å². The molecule has 0 fully saturated rings. The van der Waals surface area contributed by atoms with E-state index in [2.05, 4.69) is 4.72 Å². The molecule has 1 N–H and O–H groups in total. The average Bonchev–Trinajstić information content (AvgIpc) is 2.09. The highest BCUT2D eigenvalue weighted by Gasteiger charge is 2.11. The highest BCUT2D eigenvalue weighted by Crippen LogP contribution is 2.23. The van der Waals surface area contributed by atoms with E-state index < -0.39 is 15.8 Å². The van der Waals surface area contributed by atoms with Crippen LogP contribution < -0.4 is 4.72 Å². The van der Waals surface area contributed by atoms with Crippen LogP contribution in [0, 0.1) is 14.9 Å². The molecule has 0 bridgehead atoms. The number of anilines is 1. The van der Waals surface area contributed by atoms with E-state index in [1.54, 1.807) is 24.3 Å². The van der Waals surface area contributed by atoms with Crippen LogP contribution >= 0.6 is 34.2 Å². The Morgan fingerprint density at radius 3 is 2.73 bits per heavy atom. The Bertz CT molecular complexity index is 510. The smallest absolute Gasteiger partial charge is 0.246 e. The summed E-state index contributed by atoms with van der Waals surface area (Å²) in [5.74, 6) is -0.564. The van der Waals surface area contributed by atoms with E-state index in [0.29, 0.717) is 14.3 Å². The average molecular weight is 357 g/mol. The second-order valence-electron chi connectivity index (χ2n) is 2.64. The first-order valence-electron chi connectivity index (χ1n) is 3.77. The summed E-state index contributed by atoms with van der Waals surface area (Å²) in [6.45, 7) is 0. The standard InChI is InChI=1S/C8H6ClIN2O2S/c9-6-1-2-8(7(10)5-6)12-15(13,14)4-3-11/h1-2,5,12H,4H2. The molecule has 7 heteroatoms. The fourth-order valence-electron chi connectivity index (χ4n) is 0.861. The van der Waals surface area contributed by atoms with Crippen LogP contribution in [0.25, 0.3) is 0 Å². The summed E-state index contributed by atoms with van der Waals surface area (Å²) in [6, 6.07) is 6.34. The second kappa shape index (κ2) is 5.01. The minimum absolute atomic E-state index is 0.426. The Labute approximate surface area is 106 Å². The second-order valence-corrected chi connectivity index (χ2v) is 5.96. The quantitative estimate of drug-likeness (QED) is 0.844. The van der Waals surface area contributed by atoms with Crippen molar-refractivity contribution in [3.05, 3.63) is 26.8 Å².